The zero-order valence-electron chi connectivity index (χ0n) is 18.0. The summed E-state index contributed by atoms with van der Waals surface area (Å²) >= 11 is 3.41. The molecule has 0 bridgehead atoms. The van der Waals surface area contributed by atoms with Crippen LogP contribution in [0.5, 0.6) is 5.75 Å². The molecule has 0 radical (unpaired) electrons. The van der Waals surface area contributed by atoms with Crippen molar-refractivity contribution in [2.45, 2.75) is 47.1 Å². The number of carbonyl (C=O) groups is 2. The second-order valence-electron chi connectivity index (χ2n) is 9.36. The topological polar surface area (TPSA) is 76.7 Å². The number of nitrogens with one attached hydrogen (secondary N) is 2. The Bertz CT molecular complexity index is 694. The van der Waals surface area contributed by atoms with Crippen molar-refractivity contribution in [1.29, 1.82) is 0 Å². The maximum absolute atomic E-state index is 12.8. The first-order chi connectivity index (χ1) is 13.5. The largest absolute Gasteiger partial charge is 0.493 e. The molecule has 2 amide bonds. The third kappa shape index (κ3) is 7.30. The number of carbonyl (C=O) groups excluding carboxylic acids is 2. The molecule has 0 aromatic heterocycles. The summed E-state index contributed by atoms with van der Waals surface area (Å²) in [5.41, 5.74) is -0.795. The molecule has 1 saturated heterocycles. The zero-order chi connectivity index (χ0) is 21.7. The molecule has 1 aromatic rings. The van der Waals surface area contributed by atoms with E-state index in [0.29, 0.717) is 32.8 Å². The zero-order valence-corrected chi connectivity index (χ0v) is 19.6. The van der Waals surface area contributed by atoms with E-state index in [1.807, 2.05) is 58.9 Å². The predicted octanol–water partition coefficient (Wildman–Crippen LogP) is 3.54. The first kappa shape index (κ1) is 23.7. The Morgan fingerprint density at radius 1 is 1.21 bits per heavy atom. The van der Waals surface area contributed by atoms with Crippen LogP contribution in [0.4, 0.5) is 0 Å². The van der Waals surface area contributed by atoms with Crippen molar-refractivity contribution in [2.75, 3.05) is 26.4 Å². The molecular formula is C22H33BrN2O4. The van der Waals surface area contributed by atoms with Gasteiger partial charge in [-0.25, -0.2) is 0 Å². The summed E-state index contributed by atoms with van der Waals surface area (Å²) in [4.78, 5) is 25.2. The lowest BCUT2D eigenvalue weighted by Crippen LogP contribution is -2.57. The van der Waals surface area contributed by atoms with Gasteiger partial charge in [0.05, 0.1) is 25.2 Å². The Hall–Kier alpha value is -1.60. The fourth-order valence-electron chi connectivity index (χ4n) is 2.87. The molecule has 1 aliphatic rings. The second-order valence-corrected chi connectivity index (χ2v) is 10.3. The Kier molecular flexibility index (Phi) is 8.11. The van der Waals surface area contributed by atoms with Gasteiger partial charge < -0.3 is 20.1 Å². The molecule has 2 rings (SSSR count). The minimum atomic E-state index is -0.549. The molecule has 0 aliphatic carbocycles. The van der Waals surface area contributed by atoms with E-state index < -0.39 is 11.5 Å². The van der Waals surface area contributed by atoms with Crippen molar-refractivity contribution in [1.82, 2.24) is 10.6 Å². The van der Waals surface area contributed by atoms with Gasteiger partial charge in [0, 0.05) is 16.4 Å². The maximum atomic E-state index is 12.8. The lowest BCUT2D eigenvalue weighted by atomic mass is 9.86. The molecule has 6 nitrogen and oxygen atoms in total. The third-order valence-electron chi connectivity index (χ3n) is 4.82. The van der Waals surface area contributed by atoms with E-state index in [2.05, 4.69) is 26.6 Å². The minimum Gasteiger partial charge on any atom is -0.493 e. The van der Waals surface area contributed by atoms with E-state index in [4.69, 9.17) is 9.47 Å². The van der Waals surface area contributed by atoms with Gasteiger partial charge in [0.15, 0.2) is 0 Å². The standard InChI is InChI=1S/C22H33BrN2O4/c1-15(2)10-18(25-20(27)21(3,4)5)19(26)24-11-22(12-28-13-22)14-29-17-8-6-16(23)7-9-17/h6-9,15,18H,10-14H2,1-5H3,(H,24,26)(H,25,27)/t18-/m0/s1. The first-order valence-corrected chi connectivity index (χ1v) is 10.8. The summed E-state index contributed by atoms with van der Waals surface area (Å²) in [5.74, 6) is 0.776. The van der Waals surface area contributed by atoms with Crippen LogP contribution < -0.4 is 15.4 Å². The number of amides is 2. The molecule has 1 atom stereocenters. The maximum Gasteiger partial charge on any atom is 0.242 e. The average molecular weight is 469 g/mol. The molecule has 2 N–H and O–H groups in total. The lowest BCUT2D eigenvalue weighted by Gasteiger charge is -2.41. The fourth-order valence-corrected chi connectivity index (χ4v) is 3.13. The number of halogens is 1. The number of ether oxygens (including phenoxy) is 2. The van der Waals surface area contributed by atoms with E-state index in [1.165, 1.54) is 0 Å². The number of hydrogen-bond acceptors (Lipinski definition) is 4. The van der Waals surface area contributed by atoms with Crippen LogP contribution in [0.1, 0.15) is 41.0 Å². The smallest absolute Gasteiger partial charge is 0.242 e. The van der Waals surface area contributed by atoms with Gasteiger partial charge in [0.1, 0.15) is 11.8 Å². The average Bonchev–Trinajstić information content (AvgIpc) is 2.60. The van der Waals surface area contributed by atoms with E-state index in [1.54, 1.807) is 0 Å². The van der Waals surface area contributed by atoms with Gasteiger partial charge in [0.25, 0.3) is 0 Å². The van der Waals surface area contributed by atoms with Crippen LogP contribution in [0.25, 0.3) is 0 Å². The van der Waals surface area contributed by atoms with E-state index >= 15 is 0 Å². The van der Waals surface area contributed by atoms with E-state index in [0.717, 1.165) is 10.2 Å². The number of benzene rings is 1. The Balaban J connectivity index is 1.93. The highest BCUT2D eigenvalue weighted by molar-refractivity contribution is 9.10. The van der Waals surface area contributed by atoms with Crippen molar-refractivity contribution in [2.24, 2.45) is 16.7 Å². The Morgan fingerprint density at radius 2 is 1.83 bits per heavy atom. The van der Waals surface area contributed by atoms with Gasteiger partial charge >= 0.3 is 0 Å². The normalized spacial score (nSPS) is 16.7. The molecule has 1 aromatic carbocycles. The quantitative estimate of drug-likeness (QED) is 0.580. The van der Waals surface area contributed by atoms with Gasteiger partial charge in [-0.15, -0.1) is 0 Å². The summed E-state index contributed by atoms with van der Waals surface area (Å²) in [6.45, 7) is 11.6. The van der Waals surface area contributed by atoms with Crippen LogP contribution in [-0.4, -0.2) is 44.2 Å². The van der Waals surface area contributed by atoms with Crippen LogP contribution in [0.3, 0.4) is 0 Å². The van der Waals surface area contributed by atoms with Crippen molar-refractivity contribution < 1.29 is 19.1 Å². The van der Waals surface area contributed by atoms with Crippen LogP contribution in [0.15, 0.2) is 28.7 Å². The SMILES string of the molecule is CC(C)C[C@H](NC(=O)C(C)(C)C)C(=O)NCC1(COc2ccc(Br)cc2)COC1. The molecule has 1 fully saturated rings. The first-order valence-electron chi connectivity index (χ1n) is 10.1. The van der Waals surface area contributed by atoms with Crippen molar-refractivity contribution in [3.05, 3.63) is 28.7 Å². The molecule has 1 aliphatic heterocycles. The lowest BCUT2D eigenvalue weighted by molar-refractivity contribution is -0.141. The second kappa shape index (κ2) is 9.94. The van der Waals surface area contributed by atoms with Crippen molar-refractivity contribution >= 4 is 27.7 Å². The highest BCUT2D eigenvalue weighted by Gasteiger charge is 2.40. The molecule has 1 heterocycles. The number of rotatable bonds is 9. The molecule has 29 heavy (non-hydrogen) atoms. The van der Waals surface area contributed by atoms with Gasteiger partial charge in [-0.1, -0.05) is 50.5 Å². The van der Waals surface area contributed by atoms with Gasteiger partial charge in [-0.05, 0) is 36.6 Å². The van der Waals surface area contributed by atoms with Crippen molar-refractivity contribution in [3.63, 3.8) is 0 Å². The van der Waals surface area contributed by atoms with Gasteiger partial charge in [-0.3, -0.25) is 9.59 Å². The monoisotopic (exact) mass is 468 g/mol. The Morgan fingerprint density at radius 3 is 2.31 bits per heavy atom. The molecule has 7 heteroatoms. The molecule has 0 unspecified atom stereocenters. The fraction of sp³-hybridized carbons (Fsp3) is 0.636. The van der Waals surface area contributed by atoms with Crippen LogP contribution in [0, 0.1) is 16.7 Å². The van der Waals surface area contributed by atoms with Crippen LogP contribution >= 0.6 is 15.9 Å². The van der Waals surface area contributed by atoms with Crippen molar-refractivity contribution in [3.8, 4) is 5.75 Å². The third-order valence-corrected chi connectivity index (χ3v) is 5.35. The summed E-state index contributed by atoms with van der Waals surface area (Å²) in [6.07, 6.45) is 0.590. The highest BCUT2D eigenvalue weighted by Crippen LogP contribution is 2.28. The summed E-state index contributed by atoms with van der Waals surface area (Å²) in [5, 5.41) is 5.92. The van der Waals surface area contributed by atoms with Gasteiger partial charge in [-0.2, -0.15) is 0 Å². The van der Waals surface area contributed by atoms with Crippen LogP contribution in [0.2, 0.25) is 0 Å². The molecule has 0 saturated carbocycles. The number of hydrogen-bond donors (Lipinski definition) is 2. The highest BCUT2D eigenvalue weighted by atomic mass is 79.9. The predicted molar refractivity (Wildman–Crippen MR) is 117 cm³/mol. The Labute approximate surface area is 182 Å². The van der Waals surface area contributed by atoms with E-state index in [-0.39, 0.29) is 23.1 Å². The van der Waals surface area contributed by atoms with E-state index in [9.17, 15) is 9.59 Å². The summed E-state index contributed by atoms with van der Waals surface area (Å²) in [7, 11) is 0. The van der Waals surface area contributed by atoms with Gasteiger partial charge in [0.2, 0.25) is 11.8 Å². The van der Waals surface area contributed by atoms with Crippen LogP contribution in [-0.2, 0) is 14.3 Å². The summed E-state index contributed by atoms with van der Waals surface area (Å²) in [6, 6.07) is 7.10. The summed E-state index contributed by atoms with van der Waals surface area (Å²) < 4.78 is 12.3. The molecule has 162 valence electrons. The molecule has 0 spiro atoms. The molecular weight excluding hydrogens is 436 g/mol. The minimum absolute atomic E-state index is 0.126.